The Morgan fingerprint density at radius 1 is 1.11 bits per heavy atom. The van der Waals surface area contributed by atoms with E-state index in [0.717, 1.165) is 23.5 Å². The van der Waals surface area contributed by atoms with Gasteiger partial charge in [0.1, 0.15) is 13.2 Å². The second kappa shape index (κ2) is 6.64. The van der Waals surface area contributed by atoms with Crippen LogP contribution in [0.3, 0.4) is 0 Å². The highest BCUT2D eigenvalue weighted by molar-refractivity contribution is 5.44. The van der Waals surface area contributed by atoms with Crippen LogP contribution in [-0.2, 0) is 0 Å². The van der Waals surface area contributed by atoms with E-state index < -0.39 is 0 Å². The first kappa shape index (κ1) is 13.2. The molecule has 1 aromatic carbocycles. The van der Waals surface area contributed by atoms with E-state index in [2.05, 4.69) is 13.0 Å². The second-order valence-electron chi connectivity index (χ2n) is 4.86. The van der Waals surface area contributed by atoms with Gasteiger partial charge in [-0.2, -0.15) is 0 Å². The van der Waals surface area contributed by atoms with E-state index in [9.17, 15) is 0 Å². The summed E-state index contributed by atoms with van der Waals surface area (Å²) in [4.78, 5) is 0. The molecule has 1 atom stereocenters. The van der Waals surface area contributed by atoms with Crippen molar-refractivity contribution in [2.24, 2.45) is 5.73 Å². The number of hydrogen-bond acceptors (Lipinski definition) is 3. The first-order valence-electron chi connectivity index (χ1n) is 6.96. The van der Waals surface area contributed by atoms with E-state index in [1.807, 2.05) is 12.1 Å². The van der Waals surface area contributed by atoms with Crippen molar-refractivity contribution in [3.8, 4) is 11.5 Å². The van der Waals surface area contributed by atoms with Gasteiger partial charge < -0.3 is 15.2 Å². The van der Waals surface area contributed by atoms with Gasteiger partial charge in [0, 0.05) is 6.04 Å². The summed E-state index contributed by atoms with van der Waals surface area (Å²) >= 11 is 0. The molecule has 2 rings (SSSR count). The molecule has 0 radical (unpaired) electrons. The third-order valence-corrected chi connectivity index (χ3v) is 3.36. The Morgan fingerprint density at radius 2 is 1.89 bits per heavy atom. The van der Waals surface area contributed by atoms with Crippen LogP contribution in [-0.4, -0.2) is 13.2 Å². The average molecular weight is 249 g/mol. The van der Waals surface area contributed by atoms with Gasteiger partial charge in [0.15, 0.2) is 11.5 Å². The summed E-state index contributed by atoms with van der Waals surface area (Å²) in [6.45, 7) is 3.48. The van der Waals surface area contributed by atoms with Crippen molar-refractivity contribution >= 4 is 0 Å². The zero-order chi connectivity index (χ0) is 12.8. The minimum absolute atomic E-state index is 0.109. The smallest absolute Gasteiger partial charge is 0.161 e. The minimum Gasteiger partial charge on any atom is -0.486 e. The van der Waals surface area contributed by atoms with Crippen molar-refractivity contribution in [1.82, 2.24) is 0 Å². The van der Waals surface area contributed by atoms with Crippen LogP contribution in [0.25, 0.3) is 0 Å². The number of nitrogens with two attached hydrogens (primary N) is 1. The molecule has 1 heterocycles. The Balaban J connectivity index is 1.91. The molecule has 0 aromatic heterocycles. The zero-order valence-corrected chi connectivity index (χ0v) is 11.2. The highest BCUT2D eigenvalue weighted by Crippen LogP contribution is 2.33. The monoisotopic (exact) mass is 249 g/mol. The molecule has 3 nitrogen and oxygen atoms in total. The average Bonchev–Trinajstić information content (AvgIpc) is 2.43. The molecule has 1 aromatic rings. The van der Waals surface area contributed by atoms with Crippen LogP contribution >= 0.6 is 0 Å². The van der Waals surface area contributed by atoms with Crippen molar-refractivity contribution in [3.05, 3.63) is 23.8 Å². The molecule has 0 saturated carbocycles. The fourth-order valence-electron chi connectivity index (χ4n) is 2.25. The van der Waals surface area contributed by atoms with Crippen LogP contribution in [0.1, 0.15) is 50.6 Å². The molecule has 0 amide bonds. The Bertz CT molecular complexity index is 379. The molecule has 2 N–H and O–H groups in total. The van der Waals surface area contributed by atoms with Crippen molar-refractivity contribution in [2.45, 2.75) is 45.1 Å². The number of fused-ring (bicyclic) bond motifs is 1. The van der Waals surface area contributed by atoms with E-state index in [-0.39, 0.29) is 6.04 Å². The van der Waals surface area contributed by atoms with Crippen LogP contribution in [0, 0.1) is 0 Å². The molecule has 0 saturated heterocycles. The van der Waals surface area contributed by atoms with Crippen LogP contribution in [0.5, 0.6) is 11.5 Å². The van der Waals surface area contributed by atoms with Gasteiger partial charge in [-0.1, -0.05) is 38.7 Å². The molecule has 1 unspecified atom stereocenters. The van der Waals surface area contributed by atoms with Crippen LogP contribution < -0.4 is 15.2 Å². The van der Waals surface area contributed by atoms with E-state index in [1.165, 1.54) is 25.7 Å². The fraction of sp³-hybridized carbons (Fsp3) is 0.600. The van der Waals surface area contributed by atoms with Crippen molar-refractivity contribution in [3.63, 3.8) is 0 Å². The van der Waals surface area contributed by atoms with E-state index in [0.29, 0.717) is 13.2 Å². The number of benzene rings is 1. The van der Waals surface area contributed by atoms with E-state index >= 15 is 0 Å². The predicted octanol–water partition coefficient (Wildman–Crippen LogP) is 3.43. The predicted molar refractivity (Wildman–Crippen MR) is 73.1 cm³/mol. The fourth-order valence-corrected chi connectivity index (χ4v) is 2.25. The Labute approximate surface area is 109 Å². The lowest BCUT2D eigenvalue weighted by Gasteiger charge is -2.20. The lowest BCUT2D eigenvalue weighted by atomic mass is 10.0. The van der Waals surface area contributed by atoms with Crippen LogP contribution in [0.2, 0.25) is 0 Å². The van der Waals surface area contributed by atoms with Crippen molar-refractivity contribution < 1.29 is 9.47 Å². The molecule has 0 aliphatic carbocycles. The highest BCUT2D eigenvalue weighted by Gasteiger charge is 2.14. The summed E-state index contributed by atoms with van der Waals surface area (Å²) in [6.07, 6.45) is 6.07. The molecular formula is C15H23NO2. The topological polar surface area (TPSA) is 44.5 Å². The largest absolute Gasteiger partial charge is 0.486 e. The van der Waals surface area contributed by atoms with E-state index in [1.54, 1.807) is 0 Å². The van der Waals surface area contributed by atoms with Crippen molar-refractivity contribution in [1.29, 1.82) is 0 Å². The first-order valence-corrected chi connectivity index (χ1v) is 6.96. The third kappa shape index (κ3) is 3.39. The molecular weight excluding hydrogens is 226 g/mol. The number of rotatable bonds is 6. The van der Waals surface area contributed by atoms with Crippen molar-refractivity contribution in [2.75, 3.05) is 13.2 Å². The van der Waals surface area contributed by atoms with Gasteiger partial charge in [-0.25, -0.2) is 0 Å². The third-order valence-electron chi connectivity index (χ3n) is 3.36. The SMILES string of the molecule is CCCCCCC(N)c1ccc2c(c1)OCCO2. The Hall–Kier alpha value is -1.22. The normalized spacial score (nSPS) is 15.4. The standard InChI is InChI=1S/C15H23NO2/c1-2-3-4-5-6-13(16)12-7-8-14-15(11-12)18-10-9-17-14/h7-8,11,13H,2-6,9-10,16H2,1H3. The summed E-state index contributed by atoms with van der Waals surface area (Å²) in [5.41, 5.74) is 7.36. The highest BCUT2D eigenvalue weighted by atomic mass is 16.6. The summed E-state index contributed by atoms with van der Waals surface area (Å²) in [6, 6.07) is 6.16. The summed E-state index contributed by atoms with van der Waals surface area (Å²) < 4.78 is 11.1. The van der Waals surface area contributed by atoms with Gasteiger partial charge in [0.05, 0.1) is 0 Å². The maximum absolute atomic E-state index is 6.21. The zero-order valence-electron chi connectivity index (χ0n) is 11.2. The van der Waals surface area contributed by atoms with Crippen LogP contribution in [0.4, 0.5) is 0 Å². The molecule has 100 valence electrons. The van der Waals surface area contributed by atoms with Gasteiger partial charge in [0.2, 0.25) is 0 Å². The molecule has 18 heavy (non-hydrogen) atoms. The maximum atomic E-state index is 6.21. The van der Waals surface area contributed by atoms with Crippen LogP contribution in [0.15, 0.2) is 18.2 Å². The number of hydrogen-bond donors (Lipinski definition) is 1. The molecule has 0 bridgehead atoms. The molecule has 0 fully saturated rings. The number of unbranched alkanes of at least 4 members (excludes halogenated alkanes) is 3. The van der Waals surface area contributed by atoms with Gasteiger partial charge >= 0.3 is 0 Å². The molecule has 0 spiro atoms. The Morgan fingerprint density at radius 3 is 2.67 bits per heavy atom. The molecule has 1 aliphatic heterocycles. The molecule has 1 aliphatic rings. The quantitative estimate of drug-likeness (QED) is 0.786. The minimum atomic E-state index is 0.109. The first-order chi connectivity index (χ1) is 8.81. The van der Waals surface area contributed by atoms with E-state index in [4.69, 9.17) is 15.2 Å². The van der Waals surface area contributed by atoms with Gasteiger partial charge in [0.25, 0.3) is 0 Å². The lowest BCUT2D eigenvalue weighted by molar-refractivity contribution is 0.171. The van der Waals surface area contributed by atoms with Gasteiger partial charge in [-0.15, -0.1) is 0 Å². The second-order valence-corrected chi connectivity index (χ2v) is 4.86. The summed E-state index contributed by atoms with van der Waals surface area (Å²) in [7, 11) is 0. The summed E-state index contributed by atoms with van der Waals surface area (Å²) in [5, 5.41) is 0. The molecule has 3 heteroatoms. The van der Waals surface area contributed by atoms with Gasteiger partial charge in [-0.05, 0) is 24.1 Å². The summed E-state index contributed by atoms with van der Waals surface area (Å²) in [5.74, 6) is 1.67. The maximum Gasteiger partial charge on any atom is 0.161 e. The lowest BCUT2D eigenvalue weighted by Crippen LogP contribution is -2.16. The van der Waals surface area contributed by atoms with Gasteiger partial charge in [-0.3, -0.25) is 0 Å². The Kier molecular flexibility index (Phi) is 4.88. The number of ether oxygens (including phenoxy) is 2.